The smallest absolute Gasteiger partial charge is 0.377 e. The van der Waals surface area contributed by atoms with Crippen LogP contribution in [0.4, 0.5) is 4.39 Å². The number of carboxylic acid groups (broad SMARTS) is 1. The maximum Gasteiger partial charge on any atom is 0.377 e. The van der Waals surface area contributed by atoms with E-state index in [2.05, 4.69) is 4.74 Å². The summed E-state index contributed by atoms with van der Waals surface area (Å²) in [6, 6.07) is 1.28. The predicted octanol–water partition coefficient (Wildman–Crippen LogP) is 0.585. The molecule has 0 amide bonds. The van der Waals surface area contributed by atoms with Crippen LogP contribution in [-0.2, 0) is 9.53 Å². The third-order valence-corrected chi connectivity index (χ3v) is 1.93. The van der Waals surface area contributed by atoms with E-state index in [1.54, 1.807) is 0 Å². The molecule has 0 saturated heterocycles. The van der Waals surface area contributed by atoms with Gasteiger partial charge in [0, 0.05) is 5.56 Å². The molecule has 1 rings (SSSR count). The molecule has 0 heterocycles. The summed E-state index contributed by atoms with van der Waals surface area (Å²) in [5, 5.41) is 17.6. The highest BCUT2D eigenvalue weighted by molar-refractivity contribution is 6.40. The largest absolute Gasteiger partial charge is 0.504 e. The Labute approximate surface area is 94.2 Å². The Hall–Kier alpha value is -2.44. The average molecular weight is 242 g/mol. The predicted molar refractivity (Wildman–Crippen MR) is 51.4 cm³/mol. The number of hydrogen-bond acceptors (Lipinski definition) is 5. The average Bonchev–Trinajstić information content (AvgIpc) is 2.30. The van der Waals surface area contributed by atoms with Crippen LogP contribution in [0.1, 0.15) is 20.7 Å². The molecule has 0 atom stereocenters. The first-order valence-electron chi connectivity index (χ1n) is 4.27. The maximum atomic E-state index is 13.2. The summed E-state index contributed by atoms with van der Waals surface area (Å²) in [4.78, 5) is 32.6. The quantitative estimate of drug-likeness (QED) is 0.457. The highest BCUT2D eigenvalue weighted by Crippen LogP contribution is 2.24. The first kappa shape index (κ1) is 12.6. The van der Waals surface area contributed by atoms with Gasteiger partial charge in [-0.25, -0.2) is 14.0 Å². The van der Waals surface area contributed by atoms with E-state index in [4.69, 9.17) is 5.11 Å². The summed E-state index contributed by atoms with van der Waals surface area (Å²) in [7, 11) is 0.991. The number of carbonyl (C=O) groups is 3. The first-order chi connectivity index (χ1) is 7.88. The lowest BCUT2D eigenvalue weighted by Crippen LogP contribution is -2.14. The van der Waals surface area contributed by atoms with Crippen LogP contribution in [0.15, 0.2) is 12.1 Å². The number of benzene rings is 1. The van der Waals surface area contributed by atoms with Crippen LogP contribution in [-0.4, -0.2) is 35.0 Å². The Morgan fingerprint density at radius 2 is 1.88 bits per heavy atom. The number of halogens is 1. The van der Waals surface area contributed by atoms with Crippen molar-refractivity contribution in [2.75, 3.05) is 7.11 Å². The molecule has 0 spiro atoms. The van der Waals surface area contributed by atoms with Crippen molar-refractivity contribution in [1.29, 1.82) is 0 Å². The summed E-state index contributed by atoms with van der Waals surface area (Å²) < 4.78 is 17.4. The van der Waals surface area contributed by atoms with Crippen LogP contribution in [0.5, 0.6) is 5.75 Å². The number of phenolic OH excluding ortho intramolecular Hbond substituents is 1. The van der Waals surface area contributed by atoms with Crippen molar-refractivity contribution >= 4 is 17.7 Å². The molecule has 0 saturated carbocycles. The third-order valence-electron chi connectivity index (χ3n) is 1.93. The molecule has 6 nitrogen and oxygen atoms in total. The van der Waals surface area contributed by atoms with Crippen molar-refractivity contribution in [3.8, 4) is 5.75 Å². The molecule has 90 valence electrons. The molecule has 0 aliphatic heterocycles. The second kappa shape index (κ2) is 4.60. The van der Waals surface area contributed by atoms with E-state index >= 15 is 0 Å². The monoisotopic (exact) mass is 242 g/mol. The fourth-order valence-corrected chi connectivity index (χ4v) is 1.12. The zero-order chi connectivity index (χ0) is 13.2. The number of Topliss-reactive ketones (excluding diaryl/α,β-unsaturated/α-hetero) is 1. The Balaban J connectivity index is 3.38. The molecule has 7 heteroatoms. The van der Waals surface area contributed by atoms with Crippen LogP contribution in [0.25, 0.3) is 0 Å². The molecule has 0 fully saturated rings. The van der Waals surface area contributed by atoms with Gasteiger partial charge in [-0.05, 0) is 12.1 Å². The van der Waals surface area contributed by atoms with Crippen molar-refractivity contribution in [2.24, 2.45) is 0 Å². The van der Waals surface area contributed by atoms with Gasteiger partial charge < -0.3 is 14.9 Å². The van der Waals surface area contributed by atoms with E-state index in [9.17, 15) is 23.9 Å². The van der Waals surface area contributed by atoms with Gasteiger partial charge in [0.2, 0.25) is 0 Å². The van der Waals surface area contributed by atoms with Crippen LogP contribution in [0.2, 0.25) is 0 Å². The minimum atomic E-state index is -1.80. The molecule has 0 unspecified atom stereocenters. The van der Waals surface area contributed by atoms with Gasteiger partial charge in [0.05, 0.1) is 7.11 Å². The van der Waals surface area contributed by atoms with E-state index in [0.29, 0.717) is 6.07 Å². The van der Waals surface area contributed by atoms with Crippen LogP contribution in [0, 0.1) is 5.82 Å². The SMILES string of the molecule is COC(=O)c1cc(C(=O)C(=O)O)cc(F)c1O. The molecule has 0 aliphatic carbocycles. The molecule has 0 aliphatic rings. The van der Waals surface area contributed by atoms with Gasteiger partial charge in [0.15, 0.2) is 11.6 Å². The van der Waals surface area contributed by atoms with Gasteiger partial charge in [0.1, 0.15) is 5.56 Å². The van der Waals surface area contributed by atoms with Gasteiger partial charge in [-0.1, -0.05) is 0 Å². The molecule has 1 aromatic rings. The molecule has 1 aromatic carbocycles. The van der Waals surface area contributed by atoms with Crippen molar-refractivity contribution in [3.05, 3.63) is 29.1 Å². The van der Waals surface area contributed by atoms with Crippen molar-refractivity contribution < 1.29 is 33.7 Å². The number of rotatable bonds is 3. The van der Waals surface area contributed by atoms with E-state index < -0.39 is 40.4 Å². The fourth-order valence-electron chi connectivity index (χ4n) is 1.12. The van der Waals surface area contributed by atoms with Crippen LogP contribution >= 0.6 is 0 Å². The molecule has 0 radical (unpaired) electrons. The number of ether oxygens (including phenoxy) is 1. The molecule has 0 bridgehead atoms. The van der Waals surface area contributed by atoms with Crippen LogP contribution < -0.4 is 0 Å². The second-order valence-electron chi connectivity index (χ2n) is 2.98. The molecule has 17 heavy (non-hydrogen) atoms. The topological polar surface area (TPSA) is 101 Å². The van der Waals surface area contributed by atoms with E-state index in [1.807, 2.05) is 0 Å². The molecular weight excluding hydrogens is 235 g/mol. The number of carboxylic acids is 1. The highest BCUT2D eigenvalue weighted by Gasteiger charge is 2.22. The van der Waals surface area contributed by atoms with Gasteiger partial charge >= 0.3 is 11.9 Å². The Morgan fingerprint density at radius 3 is 2.35 bits per heavy atom. The highest BCUT2D eigenvalue weighted by atomic mass is 19.1. The second-order valence-corrected chi connectivity index (χ2v) is 2.98. The minimum Gasteiger partial charge on any atom is -0.504 e. The lowest BCUT2D eigenvalue weighted by Gasteiger charge is -2.05. The van der Waals surface area contributed by atoms with Crippen LogP contribution in [0.3, 0.4) is 0 Å². The third kappa shape index (κ3) is 2.39. The summed E-state index contributed by atoms with van der Waals surface area (Å²) in [5.41, 5.74) is -1.18. The number of aromatic hydroxyl groups is 1. The lowest BCUT2D eigenvalue weighted by molar-refractivity contribution is -0.131. The van der Waals surface area contributed by atoms with Gasteiger partial charge in [-0.15, -0.1) is 0 Å². The number of phenols is 1. The minimum absolute atomic E-state index is 0.526. The van der Waals surface area contributed by atoms with Gasteiger partial charge in [-0.3, -0.25) is 4.79 Å². The zero-order valence-electron chi connectivity index (χ0n) is 8.56. The van der Waals surface area contributed by atoms with E-state index in [1.165, 1.54) is 0 Å². The van der Waals surface area contributed by atoms with E-state index in [0.717, 1.165) is 13.2 Å². The lowest BCUT2D eigenvalue weighted by atomic mass is 10.1. The fraction of sp³-hybridized carbons (Fsp3) is 0.100. The number of hydrogen-bond donors (Lipinski definition) is 2. The number of esters is 1. The summed E-state index contributed by atoms with van der Waals surface area (Å²) in [6.45, 7) is 0. The van der Waals surface area contributed by atoms with Crippen molar-refractivity contribution in [2.45, 2.75) is 0 Å². The van der Waals surface area contributed by atoms with E-state index in [-0.39, 0.29) is 0 Å². The van der Waals surface area contributed by atoms with Crippen molar-refractivity contribution in [1.82, 2.24) is 0 Å². The van der Waals surface area contributed by atoms with Crippen molar-refractivity contribution in [3.63, 3.8) is 0 Å². The summed E-state index contributed by atoms with van der Waals surface area (Å²) >= 11 is 0. The van der Waals surface area contributed by atoms with Gasteiger partial charge in [0.25, 0.3) is 5.78 Å². The molecule has 2 N–H and O–H groups in total. The Kier molecular flexibility index (Phi) is 3.42. The maximum absolute atomic E-state index is 13.2. The Bertz CT molecular complexity index is 508. The first-order valence-corrected chi connectivity index (χ1v) is 4.27. The standard InChI is InChI=1S/C10H7FO6/c1-17-10(16)5-2-4(7(12)9(14)15)3-6(11)8(5)13/h2-3,13H,1H3,(H,14,15). The molecule has 0 aromatic heterocycles. The zero-order valence-corrected chi connectivity index (χ0v) is 8.56. The number of ketones is 1. The number of carbonyl (C=O) groups excluding carboxylic acids is 2. The number of aliphatic carboxylic acids is 1. The number of methoxy groups -OCH3 is 1. The summed E-state index contributed by atoms with van der Waals surface area (Å²) in [5.74, 6) is -6.56. The Morgan fingerprint density at radius 1 is 1.29 bits per heavy atom. The molecular formula is C10H7FO6. The normalized spacial score (nSPS) is 9.76. The summed E-state index contributed by atoms with van der Waals surface area (Å²) in [6.07, 6.45) is 0. The van der Waals surface area contributed by atoms with Gasteiger partial charge in [-0.2, -0.15) is 0 Å².